The second kappa shape index (κ2) is 7.96. The Kier molecular flexibility index (Phi) is 5.47. The Morgan fingerprint density at radius 1 is 1.00 bits per heavy atom. The Morgan fingerprint density at radius 3 is 2.54 bits per heavy atom. The Labute approximate surface area is 144 Å². The molecule has 0 spiro atoms. The van der Waals surface area contributed by atoms with E-state index in [0.29, 0.717) is 12.2 Å². The number of rotatable bonds is 8. The highest BCUT2D eigenvalue weighted by atomic mass is 16.1. The number of aryl methyl sites for hydroxylation is 1. The van der Waals surface area contributed by atoms with Crippen molar-refractivity contribution in [3.8, 4) is 0 Å². The topological polar surface area (TPSA) is 22.0 Å². The molecule has 1 atom stereocenters. The van der Waals surface area contributed by atoms with Crippen LogP contribution in [0.2, 0.25) is 0 Å². The van der Waals surface area contributed by atoms with Gasteiger partial charge in [-0.1, -0.05) is 68.3 Å². The van der Waals surface area contributed by atoms with E-state index in [1.54, 1.807) is 0 Å². The van der Waals surface area contributed by atoms with Gasteiger partial charge in [-0.3, -0.25) is 4.79 Å². The standard InChI is InChI=1S/C22H25NO/c1-2-3-12-20(18-9-5-4-6-10-18)22(24)15-17-23-16-14-19-11-7-8-13-21(19)23/h4-11,13-14,16,20H,2-3,12,15,17H2,1H3. The van der Waals surface area contributed by atoms with Gasteiger partial charge >= 0.3 is 0 Å². The molecule has 3 aromatic rings. The van der Waals surface area contributed by atoms with E-state index in [0.717, 1.165) is 31.4 Å². The number of hydrogen-bond acceptors (Lipinski definition) is 1. The van der Waals surface area contributed by atoms with Crippen molar-refractivity contribution >= 4 is 16.7 Å². The van der Waals surface area contributed by atoms with Crippen LogP contribution in [-0.4, -0.2) is 10.4 Å². The molecule has 1 heterocycles. The Morgan fingerprint density at radius 2 is 1.75 bits per heavy atom. The van der Waals surface area contributed by atoms with Crippen LogP contribution in [0, 0.1) is 0 Å². The third-order valence-corrected chi connectivity index (χ3v) is 4.72. The number of ketones is 1. The minimum atomic E-state index is 0.0352. The number of carbonyl (C=O) groups is 1. The van der Waals surface area contributed by atoms with Crippen molar-refractivity contribution in [2.45, 2.75) is 45.1 Å². The molecule has 0 aliphatic rings. The molecule has 0 fully saturated rings. The first-order valence-electron chi connectivity index (χ1n) is 8.91. The number of unbranched alkanes of at least 4 members (excludes halogenated alkanes) is 1. The van der Waals surface area contributed by atoms with Gasteiger partial charge in [-0.25, -0.2) is 0 Å². The second-order valence-electron chi connectivity index (χ2n) is 6.39. The van der Waals surface area contributed by atoms with Crippen molar-refractivity contribution in [1.82, 2.24) is 4.57 Å². The largest absolute Gasteiger partial charge is 0.347 e. The molecule has 3 rings (SSSR count). The molecule has 24 heavy (non-hydrogen) atoms. The monoisotopic (exact) mass is 319 g/mol. The molecule has 1 unspecified atom stereocenters. The number of fused-ring (bicyclic) bond motifs is 1. The lowest BCUT2D eigenvalue weighted by Crippen LogP contribution is -2.15. The normalized spacial score (nSPS) is 12.4. The van der Waals surface area contributed by atoms with Gasteiger partial charge in [0.1, 0.15) is 5.78 Å². The first-order chi connectivity index (χ1) is 11.8. The van der Waals surface area contributed by atoms with E-state index in [4.69, 9.17) is 0 Å². The molecular formula is C22H25NO. The summed E-state index contributed by atoms with van der Waals surface area (Å²) in [5.74, 6) is 0.389. The summed E-state index contributed by atoms with van der Waals surface area (Å²) in [6.07, 6.45) is 5.84. The Bertz CT molecular complexity index is 788. The van der Waals surface area contributed by atoms with Gasteiger partial charge in [0, 0.05) is 30.6 Å². The molecule has 124 valence electrons. The fraction of sp³-hybridized carbons (Fsp3) is 0.318. The zero-order valence-electron chi connectivity index (χ0n) is 14.3. The van der Waals surface area contributed by atoms with E-state index < -0.39 is 0 Å². The van der Waals surface area contributed by atoms with Gasteiger partial charge in [-0.05, 0) is 29.5 Å². The van der Waals surface area contributed by atoms with Crippen LogP contribution in [0.25, 0.3) is 10.9 Å². The van der Waals surface area contributed by atoms with Gasteiger partial charge in [0.05, 0.1) is 0 Å². The van der Waals surface area contributed by atoms with Crippen LogP contribution < -0.4 is 0 Å². The number of aromatic nitrogens is 1. The summed E-state index contributed by atoms with van der Waals surface area (Å²) in [6.45, 7) is 2.93. The van der Waals surface area contributed by atoms with Crippen LogP contribution in [0.15, 0.2) is 66.9 Å². The van der Waals surface area contributed by atoms with E-state index in [1.807, 2.05) is 24.3 Å². The second-order valence-corrected chi connectivity index (χ2v) is 6.39. The maximum Gasteiger partial charge on any atom is 0.142 e. The van der Waals surface area contributed by atoms with Crippen LogP contribution in [0.3, 0.4) is 0 Å². The molecule has 0 N–H and O–H groups in total. The fourth-order valence-corrected chi connectivity index (χ4v) is 3.35. The Hall–Kier alpha value is -2.35. The molecule has 2 nitrogen and oxygen atoms in total. The molecule has 2 aromatic carbocycles. The zero-order chi connectivity index (χ0) is 16.8. The highest BCUT2D eigenvalue weighted by Gasteiger charge is 2.19. The van der Waals surface area contributed by atoms with E-state index >= 15 is 0 Å². The minimum Gasteiger partial charge on any atom is -0.347 e. The van der Waals surface area contributed by atoms with Crippen LogP contribution in [0.1, 0.15) is 44.1 Å². The molecule has 0 saturated heterocycles. The lowest BCUT2D eigenvalue weighted by Gasteiger charge is -2.16. The molecular weight excluding hydrogens is 294 g/mol. The van der Waals surface area contributed by atoms with Gasteiger partial charge in [0.15, 0.2) is 0 Å². The van der Waals surface area contributed by atoms with E-state index in [-0.39, 0.29) is 5.92 Å². The summed E-state index contributed by atoms with van der Waals surface area (Å²) in [5.41, 5.74) is 2.36. The van der Waals surface area contributed by atoms with Gasteiger partial charge in [-0.15, -0.1) is 0 Å². The number of carbonyl (C=O) groups excluding carboxylic acids is 1. The quantitative estimate of drug-likeness (QED) is 0.531. The van der Waals surface area contributed by atoms with Gasteiger partial charge in [0.25, 0.3) is 0 Å². The van der Waals surface area contributed by atoms with Crippen molar-refractivity contribution in [2.24, 2.45) is 0 Å². The first kappa shape index (κ1) is 16.5. The van der Waals surface area contributed by atoms with Crippen molar-refractivity contribution in [3.63, 3.8) is 0 Å². The number of nitrogens with zero attached hydrogens (tertiary/aromatic N) is 1. The lowest BCUT2D eigenvalue weighted by molar-refractivity contribution is -0.120. The van der Waals surface area contributed by atoms with E-state index in [2.05, 4.69) is 54.1 Å². The summed E-state index contributed by atoms with van der Waals surface area (Å²) in [6, 6.07) is 20.7. The van der Waals surface area contributed by atoms with Crippen molar-refractivity contribution in [2.75, 3.05) is 0 Å². The molecule has 0 amide bonds. The van der Waals surface area contributed by atoms with Crippen LogP contribution >= 0.6 is 0 Å². The van der Waals surface area contributed by atoms with E-state index in [9.17, 15) is 4.79 Å². The third kappa shape index (κ3) is 3.76. The number of benzene rings is 2. The van der Waals surface area contributed by atoms with E-state index in [1.165, 1.54) is 10.9 Å². The Balaban J connectivity index is 1.71. The zero-order valence-corrected chi connectivity index (χ0v) is 14.3. The predicted molar refractivity (Wildman–Crippen MR) is 100 cm³/mol. The molecule has 0 saturated carbocycles. The fourth-order valence-electron chi connectivity index (χ4n) is 3.35. The molecule has 2 heteroatoms. The first-order valence-corrected chi connectivity index (χ1v) is 8.91. The molecule has 0 bridgehead atoms. The number of Topliss-reactive ketones (excluding diaryl/α,β-unsaturated/α-hetero) is 1. The predicted octanol–water partition coefficient (Wildman–Crippen LogP) is 5.57. The highest BCUT2D eigenvalue weighted by molar-refractivity contribution is 5.86. The third-order valence-electron chi connectivity index (χ3n) is 4.72. The minimum absolute atomic E-state index is 0.0352. The van der Waals surface area contributed by atoms with Gasteiger partial charge in [-0.2, -0.15) is 0 Å². The van der Waals surface area contributed by atoms with Crippen molar-refractivity contribution in [3.05, 3.63) is 72.4 Å². The highest BCUT2D eigenvalue weighted by Crippen LogP contribution is 2.25. The SMILES string of the molecule is CCCCC(C(=O)CCn1ccc2ccccc21)c1ccccc1. The molecule has 0 aliphatic heterocycles. The maximum absolute atomic E-state index is 12.9. The average Bonchev–Trinajstić information content (AvgIpc) is 3.04. The molecule has 0 aliphatic carbocycles. The summed E-state index contributed by atoms with van der Waals surface area (Å²) in [5, 5.41) is 1.23. The smallest absolute Gasteiger partial charge is 0.142 e. The lowest BCUT2D eigenvalue weighted by atomic mass is 9.88. The summed E-state index contributed by atoms with van der Waals surface area (Å²) in [4.78, 5) is 12.9. The van der Waals surface area contributed by atoms with Crippen LogP contribution in [0.5, 0.6) is 0 Å². The van der Waals surface area contributed by atoms with Gasteiger partial charge < -0.3 is 4.57 Å². The molecule has 0 radical (unpaired) electrons. The average molecular weight is 319 g/mol. The van der Waals surface area contributed by atoms with Gasteiger partial charge in [0.2, 0.25) is 0 Å². The summed E-state index contributed by atoms with van der Waals surface area (Å²) < 4.78 is 2.19. The summed E-state index contributed by atoms with van der Waals surface area (Å²) in [7, 11) is 0. The summed E-state index contributed by atoms with van der Waals surface area (Å²) >= 11 is 0. The van der Waals surface area contributed by atoms with Crippen molar-refractivity contribution in [1.29, 1.82) is 0 Å². The molecule has 1 aromatic heterocycles. The van der Waals surface area contributed by atoms with Crippen molar-refractivity contribution < 1.29 is 4.79 Å². The van der Waals surface area contributed by atoms with Crippen LogP contribution in [0.4, 0.5) is 0 Å². The van der Waals surface area contributed by atoms with Crippen LogP contribution in [-0.2, 0) is 11.3 Å². The number of para-hydroxylation sites is 1. The maximum atomic E-state index is 12.9. The number of hydrogen-bond donors (Lipinski definition) is 0.